The molecular formula is C17H17FN2O3S. The summed E-state index contributed by atoms with van der Waals surface area (Å²) < 4.78 is 18.4. The van der Waals surface area contributed by atoms with Gasteiger partial charge in [0, 0.05) is 11.3 Å². The number of carbonyl (C=O) groups is 2. The average molecular weight is 348 g/mol. The first-order valence-corrected chi connectivity index (χ1v) is 8.54. The average Bonchev–Trinajstić information content (AvgIpc) is 2.59. The molecule has 2 amide bonds. The predicted octanol–water partition coefficient (Wildman–Crippen LogP) is 2.53. The van der Waals surface area contributed by atoms with Crippen LogP contribution in [-0.4, -0.2) is 24.7 Å². The Kier molecular flexibility index (Phi) is 6.62. The van der Waals surface area contributed by atoms with Crippen LogP contribution in [0.4, 0.5) is 4.39 Å². The van der Waals surface area contributed by atoms with Crippen LogP contribution in [0.25, 0.3) is 0 Å². The Balaban J connectivity index is 1.82. The monoisotopic (exact) mass is 348 g/mol. The van der Waals surface area contributed by atoms with Gasteiger partial charge in [-0.05, 0) is 36.1 Å². The largest absolute Gasteiger partial charge is 0.481 e. The topological polar surface area (TPSA) is 67.4 Å². The van der Waals surface area contributed by atoms with E-state index >= 15 is 0 Å². The van der Waals surface area contributed by atoms with Crippen LogP contribution in [0.1, 0.15) is 15.9 Å². The number of halogens is 1. The molecule has 0 heterocycles. The molecule has 0 spiro atoms. The zero-order valence-electron chi connectivity index (χ0n) is 13.0. The van der Waals surface area contributed by atoms with Crippen LogP contribution in [0.5, 0.6) is 5.75 Å². The fourth-order valence-corrected chi connectivity index (χ4v) is 2.42. The van der Waals surface area contributed by atoms with Crippen molar-refractivity contribution in [3.63, 3.8) is 0 Å². The van der Waals surface area contributed by atoms with Gasteiger partial charge in [0.15, 0.2) is 18.2 Å². The summed E-state index contributed by atoms with van der Waals surface area (Å²) in [5.41, 5.74) is 5.99. The number of benzene rings is 2. The molecule has 0 fully saturated rings. The first kappa shape index (κ1) is 17.8. The molecule has 126 valence electrons. The minimum Gasteiger partial charge on any atom is -0.481 e. The van der Waals surface area contributed by atoms with Gasteiger partial charge in [-0.2, -0.15) is 11.8 Å². The zero-order valence-corrected chi connectivity index (χ0v) is 13.9. The van der Waals surface area contributed by atoms with E-state index in [-0.39, 0.29) is 5.75 Å². The summed E-state index contributed by atoms with van der Waals surface area (Å²) in [5, 5.41) is 0. The van der Waals surface area contributed by atoms with Crippen molar-refractivity contribution in [2.75, 3.05) is 12.9 Å². The number of rotatable bonds is 6. The lowest BCUT2D eigenvalue weighted by molar-refractivity contribution is -0.123. The van der Waals surface area contributed by atoms with E-state index in [1.54, 1.807) is 36.0 Å². The van der Waals surface area contributed by atoms with E-state index in [9.17, 15) is 14.0 Å². The van der Waals surface area contributed by atoms with Crippen LogP contribution in [0.3, 0.4) is 0 Å². The van der Waals surface area contributed by atoms with Gasteiger partial charge in [0.25, 0.3) is 11.8 Å². The highest BCUT2D eigenvalue weighted by Gasteiger charge is 2.09. The van der Waals surface area contributed by atoms with E-state index < -0.39 is 24.2 Å². The van der Waals surface area contributed by atoms with E-state index in [0.29, 0.717) is 5.56 Å². The summed E-state index contributed by atoms with van der Waals surface area (Å²) in [5.74, 6) is -0.808. The summed E-state index contributed by atoms with van der Waals surface area (Å²) in [4.78, 5) is 23.7. The number of para-hydroxylation sites is 1. The Morgan fingerprint density at radius 2 is 1.92 bits per heavy atom. The number of hydrazine groups is 1. The summed E-state index contributed by atoms with van der Waals surface area (Å²) in [6.45, 7) is -0.409. The molecule has 0 radical (unpaired) electrons. The predicted molar refractivity (Wildman–Crippen MR) is 91.2 cm³/mol. The van der Waals surface area contributed by atoms with Crippen LogP contribution >= 0.6 is 11.8 Å². The Bertz CT molecular complexity index is 724. The van der Waals surface area contributed by atoms with Gasteiger partial charge in [0.05, 0.1) is 0 Å². The van der Waals surface area contributed by atoms with Crippen molar-refractivity contribution in [1.82, 2.24) is 10.9 Å². The van der Waals surface area contributed by atoms with E-state index in [4.69, 9.17) is 4.74 Å². The fraction of sp³-hybridized carbons (Fsp3) is 0.176. The smallest absolute Gasteiger partial charge is 0.276 e. The molecule has 0 aliphatic heterocycles. The van der Waals surface area contributed by atoms with Crippen molar-refractivity contribution in [1.29, 1.82) is 0 Å². The van der Waals surface area contributed by atoms with Crippen LogP contribution in [-0.2, 0) is 10.5 Å². The molecule has 0 saturated carbocycles. The number of nitrogens with one attached hydrogen (secondary N) is 2. The summed E-state index contributed by atoms with van der Waals surface area (Å²) in [7, 11) is 0. The molecule has 0 atom stereocenters. The highest BCUT2D eigenvalue weighted by atomic mass is 32.2. The number of hydrogen-bond donors (Lipinski definition) is 2. The number of ether oxygens (including phenoxy) is 1. The Labute approximate surface area is 143 Å². The number of hydrogen-bond acceptors (Lipinski definition) is 4. The third-order valence-electron chi connectivity index (χ3n) is 3.01. The van der Waals surface area contributed by atoms with E-state index in [0.717, 1.165) is 11.3 Å². The molecule has 0 unspecified atom stereocenters. The summed E-state index contributed by atoms with van der Waals surface area (Å²) >= 11 is 1.65. The van der Waals surface area contributed by atoms with Crippen molar-refractivity contribution in [3.05, 3.63) is 65.5 Å². The molecule has 2 aromatic rings. The third-order valence-corrected chi connectivity index (χ3v) is 3.63. The molecule has 0 aromatic heterocycles. The van der Waals surface area contributed by atoms with Crippen molar-refractivity contribution < 1.29 is 18.7 Å². The summed E-state index contributed by atoms with van der Waals surface area (Å²) in [6, 6.07) is 12.9. The van der Waals surface area contributed by atoms with Crippen LogP contribution < -0.4 is 15.6 Å². The van der Waals surface area contributed by atoms with Gasteiger partial charge in [-0.25, -0.2) is 4.39 Å². The second-order valence-electron chi connectivity index (χ2n) is 4.85. The highest BCUT2D eigenvalue weighted by molar-refractivity contribution is 7.97. The quantitative estimate of drug-likeness (QED) is 0.787. The van der Waals surface area contributed by atoms with Crippen LogP contribution in [0, 0.1) is 5.82 Å². The van der Waals surface area contributed by atoms with Gasteiger partial charge < -0.3 is 4.74 Å². The van der Waals surface area contributed by atoms with Gasteiger partial charge in [0.2, 0.25) is 0 Å². The molecule has 0 saturated heterocycles. The van der Waals surface area contributed by atoms with Gasteiger partial charge in [-0.1, -0.05) is 24.3 Å². The molecule has 2 aromatic carbocycles. The lowest BCUT2D eigenvalue weighted by atomic mass is 10.1. The summed E-state index contributed by atoms with van der Waals surface area (Å²) in [6.07, 6.45) is 1.97. The Morgan fingerprint density at radius 3 is 2.67 bits per heavy atom. The van der Waals surface area contributed by atoms with E-state index in [2.05, 4.69) is 10.9 Å². The van der Waals surface area contributed by atoms with Crippen molar-refractivity contribution >= 4 is 23.6 Å². The maximum absolute atomic E-state index is 13.3. The Hall–Kier alpha value is -2.54. The van der Waals surface area contributed by atoms with Crippen molar-refractivity contribution in [2.45, 2.75) is 5.75 Å². The van der Waals surface area contributed by atoms with Crippen LogP contribution in [0.2, 0.25) is 0 Å². The fourth-order valence-electron chi connectivity index (χ4n) is 1.91. The van der Waals surface area contributed by atoms with Crippen molar-refractivity contribution in [3.8, 4) is 5.75 Å². The first-order chi connectivity index (χ1) is 11.6. The van der Waals surface area contributed by atoms with Gasteiger partial charge in [-0.15, -0.1) is 0 Å². The molecule has 0 bridgehead atoms. The molecule has 0 aliphatic carbocycles. The SMILES string of the molecule is CSCc1cccc(C(=O)NNC(=O)COc2ccccc2F)c1. The lowest BCUT2D eigenvalue weighted by Crippen LogP contribution is -2.43. The molecule has 2 rings (SSSR count). The molecule has 5 nitrogen and oxygen atoms in total. The van der Waals surface area contributed by atoms with Gasteiger partial charge in [-0.3, -0.25) is 20.4 Å². The van der Waals surface area contributed by atoms with Gasteiger partial charge >= 0.3 is 0 Å². The minimum atomic E-state index is -0.591. The molecule has 24 heavy (non-hydrogen) atoms. The number of thioether (sulfide) groups is 1. The molecule has 2 N–H and O–H groups in total. The second-order valence-corrected chi connectivity index (χ2v) is 5.72. The third kappa shape index (κ3) is 5.27. The second kappa shape index (κ2) is 8.93. The molecular weight excluding hydrogens is 331 g/mol. The molecule has 0 aliphatic rings. The first-order valence-electron chi connectivity index (χ1n) is 7.14. The minimum absolute atomic E-state index is 0.0243. The lowest BCUT2D eigenvalue weighted by Gasteiger charge is -2.09. The van der Waals surface area contributed by atoms with Gasteiger partial charge in [0.1, 0.15) is 0 Å². The van der Waals surface area contributed by atoms with Crippen LogP contribution in [0.15, 0.2) is 48.5 Å². The standard InChI is InChI=1S/C17H17FN2O3S/c1-24-11-12-5-4-6-13(9-12)17(22)20-19-16(21)10-23-15-8-3-2-7-14(15)18/h2-9H,10-11H2,1H3,(H,19,21)(H,20,22). The van der Waals surface area contributed by atoms with E-state index in [1.807, 2.05) is 12.3 Å². The highest BCUT2D eigenvalue weighted by Crippen LogP contribution is 2.15. The van der Waals surface area contributed by atoms with E-state index in [1.165, 1.54) is 18.2 Å². The van der Waals surface area contributed by atoms with Crippen molar-refractivity contribution in [2.24, 2.45) is 0 Å². The zero-order chi connectivity index (χ0) is 17.4. The molecule has 7 heteroatoms. The normalized spacial score (nSPS) is 10.1. The Morgan fingerprint density at radius 1 is 1.12 bits per heavy atom. The number of carbonyl (C=O) groups excluding carboxylic acids is 2. The number of amides is 2. The maximum atomic E-state index is 13.3. The maximum Gasteiger partial charge on any atom is 0.276 e.